The zero-order valence-corrected chi connectivity index (χ0v) is 11.9. The third-order valence-corrected chi connectivity index (χ3v) is 3.49. The second-order valence-electron chi connectivity index (χ2n) is 5.02. The maximum Gasteiger partial charge on any atom is 0.275 e. The molecule has 0 saturated heterocycles. The summed E-state index contributed by atoms with van der Waals surface area (Å²) >= 11 is 0. The maximum absolute atomic E-state index is 12.0. The Bertz CT molecular complexity index is 761. The van der Waals surface area contributed by atoms with Crippen molar-refractivity contribution in [1.82, 2.24) is 10.3 Å². The van der Waals surface area contributed by atoms with Crippen molar-refractivity contribution in [3.63, 3.8) is 0 Å². The van der Waals surface area contributed by atoms with E-state index in [4.69, 9.17) is 0 Å². The van der Waals surface area contributed by atoms with Crippen molar-refractivity contribution in [3.05, 3.63) is 70.7 Å². The molecule has 0 spiro atoms. The lowest BCUT2D eigenvalue weighted by Crippen LogP contribution is -2.24. The predicted octanol–water partition coefficient (Wildman–Crippen LogP) is 2.62. The van der Waals surface area contributed by atoms with Crippen LogP contribution in [0.15, 0.2) is 53.4 Å². The van der Waals surface area contributed by atoms with E-state index in [1.807, 2.05) is 37.3 Å². The first kappa shape index (κ1) is 13.2. The molecule has 21 heavy (non-hydrogen) atoms. The number of amides is 1. The van der Waals surface area contributed by atoms with E-state index < -0.39 is 0 Å². The Labute approximate surface area is 123 Å². The van der Waals surface area contributed by atoms with Gasteiger partial charge in [0.2, 0.25) is 0 Å². The number of carbonyl (C=O) groups is 1. The Hall–Kier alpha value is -2.75. The second kappa shape index (κ2) is 5.32. The van der Waals surface area contributed by atoms with Crippen molar-refractivity contribution < 1.29 is 4.79 Å². The average molecular weight is 277 g/mol. The molecule has 1 aliphatic heterocycles. The lowest BCUT2D eigenvalue weighted by atomic mass is 10.1. The molecule has 4 nitrogen and oxygen atoms in total. The first-order valence-corrected chi connectivity index (χ1v) is 6.73. The van der Waals surface area contributed by atoms with Gasteiger partial charge in [0.25, 0.3) is 5.91 Å². The summed E-state index contributed by atoms with van der Waals surface area (Å²) < 4.78 is 0. The van der Waals surface area contributed by atoms with Crippen LogP contribution >= 0.6 is 0 Å². The van der Waals surface area contributed by atoms with Crippen LogP contribution in [-0.2, 0) is 4.79 Å². The summed E-state index contributed by atoms with van der Waals surface area (Å²) in [5.41, 5.74) is 4.63. The minimum Gasteiger partial charge on any atom is -0.305 e. The third kappa shape index (κ3) is 2.74. The van der Waals surface area contributed by atoms with Crippen LogP contribution in [0.2, 0.25) is 0 Å². The molecule has 1 aromatic carbocycles. The van der Waals surface area contributed by atoms with E-state index in [1.165, 1.54) is 11.1 Å². The molecule has 0 saturated carbocycles. The van der Waals surface area contributed by atoms with E-state index in [1.54, 1.807) is 18.5 Å². The van der Waals surface area contributed by atoms with Gasteiger partial charge in [-0.2, -0.15) is 0 Å². The highest BCUT2D eigenvalue weighted by molar-refractivity contribution is 6.19. The van der Waals surface area contributed by atoms with Gasteiger partial charge in [-0.3, -0.25) is 9.78 Å². The lowest BCUT2D eigenvalue weighted by Gasteiger charge is -2.04. The number of aryl methyl sites for hydroxylation is 2. The van der Waals surface area contributed by atoms with E-state index in [0.29, 0.717) is 11.5 Å². The molecule has 0 radical (unpaired) electrons. The number of hydrogen-bond donors (Lipinski definition) is 1. The molecule has 1 N–H and O–H groups in total. The highest BCUT2D eigenvalue weighted by atomic mass is 16.2. The van der Waals surface area contributed by atoms with E-state index in [2.05, 4.69) is 22.2 Å². The molecule has 1 aromatic heterocycles. The Morgan fingerprint density at radius 3 is 2.52 bits per heavy atom. The molecule has 1 aliphatic rings. The van der Waals surface area contributed by atoms with Crippen molar-refractivity contribution in [2.24, 2.45) is 4.99 Å². The number of pyridine rings is 1. The molecule has 0 atom stereocenters. The molecule has 0 bridgehead atoms. The van der Waals surface area contributed by atoms with Gasteiger partial charge in [0.1, 0.15) is 11.5 Å². The smallest absolute Gasteiger partial charge is 0.275 e. The second-order valence-corrected chi connectivity index (χ2v) is 5.02. The van der Waals surface area contributed by atoms with E-state index in [-0.39, 0.29) is 5.91 Å². The number of nitrogens with zero attached hydrogens (tertiary/aromatic N) is 2. The first-order chi connectivity index (χ1) is 10.1. The SMILES string of the molecule is Cc1ccc(C2=N/C(=C/c3ccncc3)C(=O)N2)cc1C. The maximum atomic E-state index is 12.0. The van der Waals surface area contributed by atoms with Crippen molar-refractivity contribution in [2.75, 3.05) is 0 Å². The van der Waals surface area contributed by atoms with Gasteiger partial charge in [-0.05, 0) is 54.8 Å². The Morgan fingerprint density at radius 2 is 1.81 bits per heavy atom. The summed E-state index contributed by atoms with van der Waals surface area (Å²) in [6.45, 7) is 4.10. The fourth-order valence-electron chi connectivity index (χ4n) is 2.11. The standard InChI is InChI=1S/C17H15N3O/c1-11-3-4-14(9-12(11)2)16-19-15(17(21)20-16)10-13-5-7-18-8-6-13/h3-10H,1-2H3,(H,19,20,21)/b15-10+. The van der Waals surface area contributed by atoms with Gasteiger partial charge in [0, 0.05) is 18.0 Å². The molecule has 1 amide bonds. The van der Waals surface area contributed by atoms with Crippen LogP contribution in [0.3, 0.4) is 0 Å². The van der Waals surface area contributed by atoms with Crippen molar-refractivity contribution in [2.45, 2.75) is 13.8 Å². The quantitative estimate of drug-likeness (QED) is 0.858. The lowest BCUT2D eigenvalue weighted by molar-refractivity contribution is -0.115. The van der Waals surface area contributed by atoms with Gasteiger partial charge in [0.15, 0.2) is 0 Å². The summed E-state index contributed by atoms with van der Waals surface area (Å²) in [5.74, 6) is 0.420. The topological polar surface area (TPSA) is 54.4 Å². The zero-order valence-electron chi connectivity index (χ0n) is 11.9. The van der Waals surface area contributed by atoms with Crippen LogP contribution in [0.25, 0.3) is 6.08 Å². The molecular formula is C17H15N3O. The highest BCUT2D eigenvalue weighted by Crippen LogP contribution is 2.16. The molecule has 2 heterocycles. The largest absolute Gasteiger partial charge is 0.305 e. The number of nitrogens with one attached hydrogen (secondary N) is 1. The first-order valence-electron chi connectivity index (χ1n) is 6.73. The minimum atomic E-state index is -0.181. The number of benzene rings is 1. The van der Waals surface area contributed by atoms with Crippen molar-refractivity contribution in [3.8, 4) is 0 Å². The number of aliphatic imine (C=N–C) groups is 1. The average Bonchev–Trinajstić information content (AvgIpc) is 2.84. The molecule has 4 heteroatoms. The number of hydrogen-bond acceptors (Lipinski definition) is 3. The van der Waals surface area contributed by atoms with Crippen LogP contribution in [0.5, 0.6) is 0 Å². The molecule has 0 unspecified atom stereocenters. The van der Waals surface area contributed by atoms with Gasteiger partial charge >= 0.3 is 0 Å². The van der Waals surface area contributed by atoms with Gasteiger partial charge in [0.05, 0.1) is 0 Å². The van der Waals surface area contributed by atoms with Crippen molar-refractivity contribution in [1.29, 1.82) is 0 Å². The minimum absolute atomic E-state index is 0.181. The molecule has 3 rings (SSSR count). The van der Waals surface area contributed by atoms with E-state index >= 15 is 0 Å². The number of aromatic nitrogens is 1. The summed E-state index contributed by atoms with van der Waals surface area (Å²) in [5, 5.41) is 2.81. The van der Waals surface area contributed by atoms with Gasteiger partial charge < -0.3 is 5.32 Å². The fraction of sp³-hybridized carbons (Fsp3) is 0.118. The van der Waals surface area contributed by atoms with Crippen LogP contribution in [0.1, 0.15) is 22.3 Å². The van der Waals surface area contributed by atoms with Gasteiger partial charge in [-0.1, -0.05) is 12.1 Å². The number of rotatable bonds is 2. The van der Waals surface area contributed by atoms with E-state index in [9.17, 15) is 4.79 Å². The van der Waals surface area contributed by atoms with E-state index in [0.717, 1.165) is 11.1 Å². The summed E-state index contributed by atoms with van der Waals surface area (Å²) in [4.78, 5) is 20.4. The van der Waals surface area contributed by atoms with Crippen molar-refractivity contribution >= 4 is 17.8 Å². The summed E-state index contributed by atoms with van der Waals surface area (Å²) in [6.07, 6.45) is 5.13. The highest BCUT2D eigenvalue weighted by Gasteiger charge is 2.21. The van der Waals surface area contributed by atoms with Crippen LogP contribution in [0.4, 0.5) is 0 Å². The molecule has 0 fully saturated rings. The molecule has 0 aliphatic carbocycles. The normalized spacial score (nSPS) is 16.0. The number of amidine groups is 1. The van der Waals surface area contributed by atoms with Crippen LogP contribution in [-0.4, -0.2) is 16.7 Å². The summed E-state index contributed by atoms with van der Waals surface area (Å²) in [6, 6.07) is 9.71. The number of carbonyl (C=O) groups excluding carboxylic acids is 1. The third-order valence-electron chi connectivity index (χ3n) is 3.49. The monoisotopic (exact) mass is 277 g/mol. The fourth-order valence-corrected chi connectivity index (χ4v) is 2.11. The van der Waals surface area contributed by atoms with Crippen LogP contribution < -0.4 is 5.32 Å². The van der Waals surface area contributed by atoms with Gasteiger partial charge in [-0.25, -0.2) is 4.99 Å². The summed E-state index contributed by atoms with van der Waals surface area (Å²) in [7, 11) is 0. The Kier molecular flexibility index (Phi) is 3.36. The Morgan fingerprint density at radius 1 is 1.05 bits per heavy atom. The predicted molar refractivity (Wildman–Crippen MR) is 82.8 cm³/mol. The molecule has 104 valence electrons. The van der Waals surface area contributed by atoms with Gasteiger partial charge in [-0.15, -0.1) is 0 Å². The Balaban J connectivity index is 1.95. The molecule has 2 aromatic rings. The van der Waals surface area contributed by atoms with Crippen LogP contribution in [0, 0.1) is 13.8 Å². The molecular weight excluding hydrogens is 262 g/mol. The zero-order chi connectivity index (χ0) is 14.8.